The summed E-state index contributed by atoms with van der Waals surface area (Å²) in [4.78, 5) is 24.0. The number of nitrogens with one attached hydrogen (secondary N) is 2. The Balaban J connectivity index is 1.70. The predicted molar refractivity (Wildman–Crippen MR) is 124 cm³/mol. The standard InChI is InChI=1S/C24H25N3O4S/c1-16-6-9-20(10-7-16)27-32(30,31)21-11-8-17(2)22(15-21)24(29)26-13-12-18-4-3-5-19(14-18)23(25)28/h3-11,14-15,27H,12-13H2,1-2H3,(H2,25,28)(H,26,29). The third kappa shape index (κ3) is 5.73. The van der Waals surface area contributed by atoms with Crippen LogP contribution in [0.25, 0.3) is 0 Å². The van der Waals surface area contributed by atoms with Crippen molar-refractivity contribution in [2.75, 3.05) is 11.3 Å². The van der Waals surface area contributed by atoms with Crippen molar-refractivity contribution < 1.29 is 18.0 Å². The van der Waals surface area contributed by atoms with Gasteiger partial charge in [0.25, 0.3) is 15.9 Å². The molecule has 0 aromatic heterocycles. The molecular weight excluding hydrogens is 426 g/mol. The summed E-state index contributed by atoms with van der Waals surface area (Å²) in [6.45, 7) is 3.98. The van der Waals surface area contributed by atoms with Crippen molar-refractivity contribution in [1.82, 2.24) is 5.32 Å². The third-order valence-corrected chi connectivity index (χ3v) is 6.36. The van der Waals surface area contributed by atoms with Crippen molar-refractivity contribution >= 4 is 27.5 Å². The average Bonchev–Trinajstić information content (AvgIpc) is 2.75. The van der Waals surface area contributed by atoms with Crippen molar-refractivity contribution in [3.8, 4) is 0 Å². The van der Waals surface area contributed by atoms with Crippen molar-refractivity contribution in [2.24, 2.45) is 5.73 Å². The number of hydrogen-bond donors (Lipinski definition) is 3. The number of nitrogens with two attached hydrogens (primary N) is 1. The van der Waals surface area contributed by atoms with Crippen LogP contribution in [0, 0.1) is 13.8 Å². The molecule has 0 saturated heterocycles. The number of sulfonamides is 1. The van der Waals surface area contributed by atoms with Crippen LogP contribution < -0.4 is 15.8 Å². The first-order valence-corrected chi connectivity index (χ1v) is 11.5. The van der Waals surface area contributed by atoms with Crippen LogP contribution in [-0.2, 0) is 16.4 Å². The quantitative estimate of drug-likeness (QED) is 0.487. The molecule has 32 heavy (non-hydrogen) atoms. The van der Waals surface area contributed by atoms with Crippen LogP contribution >= 0.6 is 0 Å². The summed E-state index contributed by atoms with van der Waals surface area (Å²) < 4.78 is 28.1. The molecule has 2 amide bonds. The number of anilines is 1. The van der Waals surface area contributed by atoms with Gasteiger partial charge < -0.3 is 11.1 Å². The maximum atomic E-state index is 12.8. The van der Waals surface area contributed by atoms with Gasteiger partial charge in [0.2, 0.25) is 5.91 Å². The highest BCUT2D eigenvalue weighted by Crippen LogP contribution is 2.20. The lowest BCUT2D eigenvalue weighted by atomic mass is 10.1. The van der Waals surface area contributed by atoms with Gasteiger partial charge in [0.1, 0.15) is 0 Å². The lowest BCUT2D eigenvalue weighted by Gasteiger charge is -2.12. The Labute approximate surface area is 187 Å². The fourth-order valence-corrected chi connectivity index (χ4v) is 4.23. The van der Waals surface area contributed by atoms with Gasteiger partial charge in [0.05, 0.1) is 4.90 Å². The Morgan fingerprint density at radius 2 is 1.66 bits per heavy atom. The fourth-order valence-electron chi connectivity index (χ4n) is 3.14. The number of benzene rings is 3. The minimum absolute atomic E-state index is 0.00276. The molecule has 3 aromatic carbocycles. The molecule has 166 valence electrons. The molecule has 3 rings (SSSR count). The van der Waals surface area contributed by atoms with Gasteiger partial charge in [0.15, 0.2) is 0 Å². The molecule has 0 radical (unpaired) electrons. The Kier molecular flexibility index (Phi) is 6.95. The lowest BCUT2D eigenvalue weighted by molar-refractivity contribution is 0.0951. The zero-order valence-electron chi connectivity index (χ0n) is 17.9. The van der Waals surface area contributed by atoms with E-state index in [0.717, 1.165) is 11.1 Å². The highest BCUT2D eigenvalue weighted by Gasteiger charge is 2.18. The van der Waals surface area contributed by atoms with Gasteiger partial charge in [-0.25, -0.2) is 8.42 Å². The number of rotatable bonds is 8. The molecular formula is C24H25N3O4S. The molecule has 0 aliphatic rings. The van der Waals surface area contributed by atoms with Crippen LogP contribution in [0.2, 0.25) is 0 Å². The third-order valence-electron chi connectivity index (χ3n) is 4.98. The van der Waals surface area contributed by atoms with Gasteiger partial charge in [-0.2, -0.15) is 0 Å². The van der Waals surface area contributed by atoms with E-state index in [1.165, 1.54) is 12.1 Å². The molecule has 0 atom stereocenters. The molecule has 8 heteroatoms. The van der Waals surface area contributed by atoms with Gasteiger partial charge in [0, 0.05) is 23.4 Å². The second-order valence-electron chi connectivity index (χ2n) is 7.52. The monoisotopic (exact) mass is 451 g/mol. The van der Waals surface area contributed by atoms with E-state index in [1.54, 1.807) is 43.3 Å². The van der Waals surface area contributed by atoms with Crippen molar-refractivity contribution in [3.63, 3.8) is 0 Å². The van der Waals surface area contributed by atoms with Crippen LogP contribution in [-0.4, -0.2) is 26.8 Å². The fraction of sp³-hybridized carbons (Fsp3) is 0.167. The summed E-state index contributed by atoms with van der Waals surface area (Å²) in [5, 5.41) is 2.80. The number of hydrogen-bond acceptors (Lipinski definition) is 4. The zero-order valence-corrected chi connectivity index (χ0v) is 18.7. The van der Waals surface area contributed by atoms with Crippen LogP contribution in [0.15, 0.2) is 71.6 Å². The van der Waals surface area contributed by atoms with Crippen LogP contribution in [0.4, 0.5) is 5.69 Å². The second kappa shape index (κ2) is 9.65. The van der Waals surface area contributed by atoms with E-state index in [-0.39, 0.29) is 16.4 Å². The topological polar surface area (TPSA) is 118 Å². The van der Waals surface area contributed by atoms with E-state index in [2.05, 4.69) is 10.0 Å². The first-order valence-electron chi connectivity index (χ1n) is 10.0. The van der Waals surface area contributed by atoms with Crippen molar-refractivity contribution in [2.45, 2.75) is 25.2 Å². The van der Waals surface area contributed by atoms with Crippen LogP contribution in [0.5, 0.6) is 0 Å². The van der Waals surface area contributed by atoms with Crippen LogP contribution in [0.3, 0.4) is 0 Å². The van der Waals surface area contributed by atoms with E-state index in [1.807, 2.05) is 25.1 Å². The molecule has 0 aliphatic carbocycles. The van der Waals surface area contributed by atoms with Gasteiger partial charge in [-0.3, -0.25) is 14.3 Å². The zero-order chi connectivity index (χ0) is 23.3. The van der Waals surface area contributed by atoms with E-state index >= 15 is 0 Å². The molecule has 0 fully saturated rings. The molecule has 3 aromatic rings. The van der Waals surface area contributed by atoms with Gasteiger partial charge in [-0.05, 0) is 67.8 Å². The predicted octanol–water partition coefficient (Wildman–Crippen LogP) is 3.18. The molecule has 0 saturated carbocycles. The molecule has 0 heterocycles. The normalized spacial score (nSPS) is 11.1. The number of carbonyl (C=O) groups is 2. The van der Waals surface area contributed by atoms with E-state index in [9.17, 15) is 18.0 Å². The van der Waals surface area contributed by atoms with Gasteiger partial charge >= 0.3 is 0 Å². The smallest absolute Gasteiger partial charge is 0.261 e. The maximum Gasteiger partial charge on any atom is 0.261 e. The highest BCUT2D eigenvalue weighted by atomic mass is 32.2. The molecule has 0 spiro atoms. The SMILES string of the molecule is Cc1ccc(NS(=O)(=O)c2ccc(C)c(C(=O)NCCc3cccc(C(N)=O)c3)c2)cc1. The molecule has 0 unspecified atom stereocenters. The van der Waals surface area contributed by atoms with E-state index < -0.39 is 15.9 Å². The summed E-state index contributed by atoms with van der Waals surface area (Å²) in [6.07, 6.45) is 0.499. The van der Waals surface area contributed by atoms with Gasteiger partial charge in [-0.1, -0.05) is 35.9 Å². The minimum Gasteiger partial charge on any atom is -0.366 e. The van der Waals surface area contributed by atoms with E-state index in [0.29, 0.717) is 29.8 Å². The second-order valence-corrected chi connectivity index (χ2v) is 9.20. The molecule has 7 nitrogen and oxygen atoms in total. The van der Waals surface area contributed by atoms with Gasteiger partial charge in [-0.15, -0.1) is 0 Å². The Bertz CT molecular complexity index is 1250. The van der Waals surface area contributed by atoms with E-state index in [4.69, 9.17) is 5.73 Å². The number of amides is 2. The first kappa shape index (κ1) is 23.0. The molecule has 0 aliphatic heterocycles. The Morgan fingerprint density at radius 3 is 2.34 bits per heavy atom. The Hall–Kier alpha value is -3.65. The molecule has 0 bridgehead atoms. The first-order chi connectivity index (χ1) is 15.2. The van der Waals surface area contributed by atoms with Crippen molar-refractivity contribution in [1.29, 1.82) is 0 Å². The van der Waals surface area contributed by atoms with Crippen LogP contribution in [0.1, 0.15) is 37.4 Å². The minimum atomic E-state index is -3.85. The number of aryl methyl sites for hydroxylation is 2. The summed E-state index contributed by atoms with van der Waals surface area (Å²) in [7, 11) is -3.85. The summed E-state index contributed by atoms with van der Waals surface area (Å²) in [5.41, 5.74) is 8.96. The highest BCUT2D eigenvalue weighted by molar-refractivity contribution is 7.92. The summed E-state index contributed by atoms with van der Waals surface area (Å²) >= 11 is 0. The average molecular weight is 452 g/mol. The number of carbonyl (C=O) groups excluding carboxylic acids is 2. The molecule has 4 N–H and O–H groups in total. The summed E-state index contributed by atoms with van der Waals surface area (Å²) in [6, 6.07) is 18.3. The van der Waals surface area contributed by atoms with Crippen molar-refractivity contribution in [3.05, 3.63) is 94.5 Å². The largest absolute Gasteiger partial charge is 0.366 e. The summed E-state index contributed by atoms with van der Waals surface area (Å²) in [5.74, 6) is -0.885. The lowest BCUT2D eigenvalue weighted by Crippen LogP contribution is -2.27. The number of primary amides is 1. The Morgan fingerprint density at radius 1 is 0.938 bits per heavy atom. The maximum absolute atomic E-state index is 12.8.